The first-order valence-electron chi connectivity index (χ1n) is 8.13. The molecule has 0 bridgehead atoms. The molecule has 6 heteroatoms. The highest BCUT2D eigenvalue weighted by Crippen LogP contribution is 2.13. The quantitative estimate of drug-likeness (QED) is 0.705. The lowest BCUT2D eigenvalue weighted by Crippen LogP contribution is -2.27. The Kier molecular flexibility index (Phi) is 5.71. The molecule has 2 heterocycles. The number of pyridine rings is 1. The summed E-state index contributed by atoms with van der Waals surface area (Å²) in [5.41, 5.74) is 3.94. The number of fused-ring (bicyclic) bond motifs is 1. The van der Waals surface area contributed by atoms with Crippen molar-refractivity contribution in [3.8, 4) is 0 Å². The number of halogens is 1. The molecule has 0 fully saturated rings. The van der Waals surface area contributed by atoms with Crippen molar-refractivity contribution in [1.29, 1.82) is 0 Å². The molecule has 3 aromatic rings. The number of nitrogens with one attached hydrogen (secondary N) is 1. The van der Waals surface area contributed by atoms with Gasteiger partial charge in [0, 0.05) is 24.7 Å². The summed E-state index contributed by atoms with van der Waals surface area (Å²) in [7, 11) is 0. The maximum Gasteiger partial charge on any atom is 0.230 e. The smallest absolute Gasteiger partial charge is 0.230 e. The van der Waals surface area contributed by atoms with Gasteiger partial charge in [-0.05, 0) is 42.7 Å². The normalized spacial score (nSPS) is 11.0. The van der Waals surface area contributed by atoms with E-state index in [-0.39, 0.29) is 11.7 Å². The van der Waals surface area contributed by atoms with E-state index in [1.807, 2.05) is 41.9 Å². The topological polar surface area (TPSA) is 46.4 Å². The van der Waals surface area contributed by atoms with E-state index in [4.69, 9.17) is 0 Å². The molecule has 0 atom stereocenters. The number of carbonyl (C=O) groups is 1. The fraction of sp³-hybridized carbons (Fsp3) is 0.263. The fourth-order valence-electron chi connectivity index (χ4n) is 2.56. The predicted octanol–water partition coefficient (Wildman–Crippen LogP) is 3.37. The molecule has 0 aliphatic rings. The Morgan fingerprint density at radius 2 is 2.16 bits per heavy atom. The lowest BCUT2D eigenvalue weighted by atomic mass is 10.1. The molecule has 0 aliphatic carbocycles. The van der Waals surface area contributed by atoms with Gasteiger partial charge in [-0.1, -0.05) is 18.2 Å². The molecule has 0 radical (unpaired) electrons. The van der Waals surface area contributed by atoms with Crippen LogP contribution in [0.25, 0.3) is 5.65 Å². The molecular weight excluding hydrogens is 337 g/mol. The van der Waals surface area contributed by atoms with Crippen LogP contribution < -0.4 is 5.32 Å². The molecule has 1 N–H and O–H groups in total. The van der Waals surface area contributed by atoms with Gasteiger partial charge in [-0.25, -0.2) is 9.37 Å². The van der Waals surface area contributed by atoms with Crippen molar-refractivity contribution in [1.82, 2.24) is 14.7 Å². The van der Waals surface area contributed by atoms with Gasteiger partial charge in [0.05, 0.1) is 11.4 Å². The Balaban J connectivity index is 1.39. The number of imidazole rings is 1. The van der Waals surface area contributed by atoms with E-state index in [9.17, 15) is 9.18 Å². The average molecular weight is 357 g/mol. The molecule has 0 spiro atoms. The summed E-state index contributed by atoms with van der Waals surface area (Å²) in [4.78, 5) is 16.4. The highest BCUT2D eigenvalue weighted by atomic mass is 32.2. The van der Waals surface area contributed by atoms with Gasteiger partial charge in [-0.3, -0.25) is 4.79 Å². The molecule has 1 amide bonds. The number of benzene rings is 1. The zero-order chi connectivity index (χ0) is 17.6. The van der Waals surface area contributed by atoms with Crippen LogP contribution in [0, 0.1) is 12.7 Å². The minimum absolute atomic E-state index is 0.0130. The van der Waals surface area contributed by atoms with Crippen LogP contribution in [0.4, 0.5) is 4.39 Å². The molecule has 0 aliphatic heterocycles. The van der Waals surface area contributed by atoms with E-state index >= 15 is 0 Å². The Labute approximate surface area is 150 Å². The van der Waals surface area contributed by atoms with Crippen LogP contribution in [0.15, 0.2) is 48.8 Å². The number of aryl methyl sites for hydroxylation is 1. The molecule has 130 valence electrons. The molecular formula is C19H20FN3OS. The zero-order valence-electron chi connectivity index (χ0n) is 14.0. The van der Waals surface area contributed by atoms with Crippen molar-refractivity contribution < 1.29 is 9.18 Å². The summed E-state index contributed by atoms with van der Waals surface area (Å²) in [5.74, 6) is 0.816. The molecule has 0 saturated carbocycles. The second kappa shape index (κ2) is 8.16. The van der Waals surface area contributed by atoms with Crippen molar-refractivity contribution in [2.24, 2.45) is 0 Å². The van der Waals surface area contributed by atoms with Crippen molar-refractivity contribution in [3.63, 3.8) is 0 Å². The van der Waals surface area contributed by atoms with Gasteiger partial charge in [0.2, 0.25) is 5.91 Å². The van der Waals surface area contributed by atoms with Crippen molar-refractivity contribution in [3.05, 3.63) is 71.4 Å². The molecule has 0 saturated heterocycles. The van der Waals surface area contributed by atoms with E-state index in [1.165, 1.54) is 29.5 Å². The van der Waals surface area contributed by atoms with Crippen LogP contribution in [0.1, 0.15) is 16.8 Å². The van der Waals surface area contributed by atoms with Gasteiger partial charge in [-0.15, -0.1) is 11.8 Å². The summed E-state index contributed by atoms with van der Waals surface area (Å²) in [6, 6.07) is 10.5. The first-order chi connectivity index (χ1) is 12.1. The highest BCUT2D eigenvalue weighted by Gasteiger charge is 2.05. The first kappa shape index (κ1) is 17.5. The van der Waals surface area contributed by atoms with Crippen molar-refractivity contribution in [2.45, 2.75) is 19.1 Å². The second-order valence-corrected chi connectivity index (χ2v) is 6.91. The van der Waals surface area contributed by atoms with Crippen LogP contribution in [0.5, 0.6) is 0 Å². The largest absolute Gasteiger partial charge is 0.355 e. The summed E-state index contributed by atoms with van der Waals surface area (Å²) in [5, 5.41) is 2.86. The second-order valence-electron chi connectivity index (χ2n) is 5.93. The average Bonchev–Trinajstić information content (AvgIpc) is 2.96. The summed E-state index contributed by atoms with van der Waals surface area (Å²) in [6.07, 6.45) is 4.66. The predicted molar refractivity (Wildman–Crippen MR) is 99.2 cm³/mol. The van der Waals surface area contributed by atoms with E-state index in [2.05, 4.69) is 10.3 Å². The fourth-order valence-corrected chi connectivity index (χ4v) is 3.30. The molecule has 25 heavy (non-hydrogen) atoms. The Bertz CT molecular complexity index is 878. The summed E-state index contributed by atoms with van der Waals surface area (Å²) < 4.78 is 15.1. The maximum atomic E-state index is 13.1. The standard InChI is InChI=1S/C19H20FN3OS/c1-14-5-6-18-22-17(11-23(18)10-14)12-25-13-19(24)21-8-7-15-3-2-4-16(20)9-15/h2-6,9-11H,7-8,12-13H2,1H3,(H,21,24). The van der Waals surface area contributed by atoms with Gasteiger partial charge in [0.25, 0.3) is 0 Å². The molecule has 0 unspecified atom stereocenters. The van der Waals surface area contributed by atoms with Crippen LogP contribution in [-0.2, 0) is 17.0 Å². The zero-order valence-corrected chi connectivity index (χ0v) is 14.9. The lowest BCUT2D eigenvalue weighted by Gasteiger charge is -2.05. The number of amides is 1. The third-order valence-corrected chi connectivity index (χ3v) is 4.72. The summed E-state index contributed by atoms with van der Waals surface area (Å²) >= 11 is 1.53. The number of thioether (sulfide) groups is 1. The van der Waals surface area contributed by atoms with Gasteiger partial charge in [-0.2, -0.15) is 0 Å². The maximum absolute atomic E-state index is 13.1. The highest BCUT2D eigenvalue weighted by molar-refractivity contribution is 7.99. The number of carbonyl (C=O) groups excluding carboxylic acids is 1. The molecule has 3 rings (SSSR count). The lowest BCUT2D eigenvalue weighted by molar-refractivity contribution is -0.118. The van der Waals surface area contributed by atoms with Gasteiger partial charge in [0.15, 0.2) is 0 Å². The van der Waals surface area contributed by atoms with Crippen molar-refractivity contribution in [2.75, 3.05) is 12.3 Å². The third-order valence-electron chi connectivity index (χ3n) is 3.76. The number of hydrogen-bond donors (Lipinski definition) is 1. The van der Waals surface area contributed by atoms with Gasteiger partial charge < -0.3 is 9.72 Å². The Hall–Kier alpha value is -2.34. The van der Waals surface area contributed by atoms with Crippen LogP contribution in [-0.4, -0.2) is 27.6 Å². The third kappa shape index (κ3) is 5.06. The number of aromatic nitrogens is 2. The number of hydrogen-bond acceptors (Lipinski definition) is 3. The summed E-state index contributed by atoms with van der Waals surface area (Å²) in [6.45, 7) is 2.55. The molecule has 1 aromatic carbocycles. The number of rotatable bonds is 7. The van der Waals surface area contributed by atoms with Gasteiger partial charge in [0.1, 0.15) is 11.5 Å². The van der Waals surface area contributed by atoms with Crippen LogP contribution in [0.3, 0.4) is 0 Å². The van der Waals surface area contributed by atoms with Crippen molar-refractivity contribution >= 4 is 23.3 Å². The van der Waals surface area contributed by atoms with E-state index in [0.717, 1.165) is 16.9 Å². The van der Waals surface area contributed by atoms with E-state index in [1.54, 1.807) is 6.07 Å². The van der Waals surface area contributed by atoms with Crippen LogP contribution >= 0.6 is 11.8 Å². The Morgan fingerprint density at radius 3 is 3.00 bits per heavy atom. The SMILES string of the molecule is Cc1ccc2nc(CSCC(=O)NCCc3cccc(F)c3)cn2c1. The first-order valence-corrected chi connectivity index (χ1v) is 9.29. The minimum atomic E-state index is -0.248. The number of nitrogens with zero attached hydrogens (tertiary/aromatic N) is 2. The molecule has 2 aromatic heterocycles. The van der Waals surface area contributed by atoms with Crippen LogP contribution in [0.2, 0.25) is 0 Å². The van der Waals surface area contributed by atoms with E-state index in [0.29, 0.717) is 24.5 Å². The van der Waals surface area contributed by atoms with E-state index < -0.39 is 0 Å². The monoisotopic (exact) mass is 357 g/mol. The minimum Gasteiger partial charge on any atom is -0.355 e. The molecule has 4 nitrogen and oxygen atoms in total. The van der Waals surface area contributed by atoms with Gasteiger partial charge >= 0.3 is 0 Å². The Morgan fingerprint density at radius 1 is 1.28 bits per heavy atom.